The summed E-state index contributed by atoms with van der Waals surface area (Å²) < 4.78 is 5.97. The van der Waals surface area contributed by atoms with Crippen molar-refractivity contribution in [2.24, 2.45) is 0 Å². The number of nitrogens with one attached hydrogen (secondary N) is 1. The summed E-state index contributed by atoms with van der Waals surface area (Å²) in [6, 6.07) is 4.99. The molecule has 3 rings (SSSR count). The van der Waals surface area contributed by atoms with E-state index in [1.807, 2.05) is 49.4 Å². The lowest BCUT2D eigenvalue weighted by Gasteiger charge is -1.87. The Balaban J connectivity index is 0.000000201. The van der Waals surface area contributed by atoms with E-state index in [9.17, 15) is 4.79 Å². The van der Waals surface area contributed by atoms with Crippen molar-refractivity contribution in [3.8, 4) is 11.8 Å². The monoisotopic (exact) mass is 476 g/mol. The third-order valence-corrected chi connectivity index (χ3v) is 3.84. The molecule has 1 N–H and O–H groups in total. The fourth-order valence-electron chi connectivity index (χ4n) is 1.47. The molecular formula is C17H15Cl2IN2O2. The van der Waals surface area contributed by atoms with Crippen molar-refractivity contribution in [1.82, 2.24) is 9.97 Å². The van der Waals surface area contributed by atoms with Crippen LogP contribution >= 0.6 is 45.8 Å². The Morgan fingerprint density at radius 3 is 2.42 bits per heavy atom. The molecule has 0 bridgehead atoms. The zero-order valence-corrected chi connectivity index (χ0v) is 17.0. The maximum Gasteiger partial charge on any atom is 0.196 e. The molecule has 3 aromatic rings. The van der Waals surface area contributed by atoms with E-state index in [0.29, 0.717) is 13.9 Å². The number of aryl methyl sites for hydroxylation is 1. The average molecular weight is 477 g/mol. The van der Waals surface area contributed by atoms with Gasteiger partial charge in [0.15, 0.2) is 5.43 Å². The number of H-pyrrole nitrogens is 1. The van der Waals surface area contributed by atoms with Gasteiger partial charge in [-0.25, -0.2) is 4.98 Å². The van der Waals surface area contributed by atoms with E-state index in [1.165, 1.54) is 6.07 Å². The number of nitrogens with zero attached hydrogens (tertiary/aromatic N) is 1. The molecule has 0 unspecified atom stereocenters. The number of fused-ring (bicyclic) bond motifs is 1. The van der Waals surface area contributed by atoms with Crippen LogP contribution in [0.25, 0.3) is 11.0 Å². The molecular weight excluding hydrogens is 462 g/mol. The van der Waals surface area contributed by atoms with E-state index in [0.717, 1.165) is 16.7 Å². The largest absolute Gasteiger partial charge is 0.461 e. The van der Waals surface area contributed by atoms with Crippen molar-refractivity contribution in [1.29, 1.82) is 0 Å². The van der Waals surface area contributed by atoms with Crippen LogP contribution in [0.15, 0.2) is 39.8 Å². The van der Waals surface area contributed by atoms with Crippen LogP contribution in [-0.2, 0) is 0 Å². The summed E-state index contributed by atoms with van der Waals surface area (Å²) in [6.07, 6.45) is 3.28. The normalized spacial score (nSPS) is 9.08. The Kier molecular flexibility index (Phi) is 8.90. The van der Waals surface area contributed by atoms with Crippen LogP contribution in [0.2, 0.25) is 10.3 Å². The third kappa shape index (κ3) is 6.95. The second kappa shape index (κ2) is 10.4. The minimum Gasteiger partial charge on any atom is -0.461 e. The van der Waals surface area contributed by atoms with Crippen molar-refractivity contribution in [3.05, 3.63) is 60.5 Å². The Morgan fingerprint density at radius 2 is 1.88 bits per heavy atom. The Bertz CT molecular complexity index is 917. The van der Waals surface area contributed by atoms with Crippen molar-refractivity contribution < 1.29 is 4.42 Å². The standard InChI is InChI=1S/C8H6ClNO.C5H3ClINO.C4H6/c1-5-2-6-4-10-8(9)3-7(6)11-5;6-5-1-4(9)3(7)2-8-5;1-3-4-2/h2-4H,1H3;1-2H,(H,8,9);1-2H3. The van der Waals surface area contributed by atoms with E-state index in [1.54, 1.807) is 18.5 Å². The van der Waals surface area contributed by atoms with Crippen LogP contribution in [0.5, 0.6) is 0 Å². The van der Waals surface area contributed by atoms with Crippen molar-refractivity contribution in [3.63, 3.8) is 0 Å². The van der Waals surface area contributed by atoms with Gasteiger partial charge in [0.05, 0.1) is 3.57 Å². The topological polar surface area (TPSA) is 58.9 Å². The lowest BCUT2D eigenvalue weighted by molar-refractivity contribution is 0.578. The molecule has 3 aromatic heterocycles. The van der Waals surface area contributed by atoms with Gasteiger partial charge in [-0.15, -0.1) is 11.8 Å². The average Bonchev–Trinajstić information content (AvgIpc) is 2.91. The van der Waals surface area contributed by atoms with Gasteiger partial charge in [0.25, 0.3) is 0 Å². The highest BCUT2D eigenvalue weighted by Gasteiger charge is 2.00. The van der Waals surface area contributed by atoms with Crippen LogP contribution < -0.4 is 5.43 Å². The van der Waals surface area contributed by atoms with Gasteiger partial charge < -0.3 is 9.40 Å². The van der Waals surface area contributed by atoms with Crippen LogP contribution in [0.4, 0.5) is 0 Å². The van der Waals surface area contributed by atoms with Gasteiger partial charge in [0, 0.05) is 29.9 Å². The highest BCUT2D eigenvalue weighted by Crippen LogP contribution is 2.19. The molecule has 0 saturated heterocycles. The summed E-state index contributed by atoms with van der Waals surface area (Å²) in [7, 11) is 0. The third-order valence-electron chi connectivity index (χ3n) is 2.57. The highest BCUT2D eigenvalue weighted by molar-refractivity contribution is 14.1. The summed E-state index contributed by atoms with van der Waals surface area (Å²) in [6.45, 7) is 5.54. The van der Waals surface area contributed by atoms with Gasteiger partial charge in [0.1, 0.15) is 21.6 Å². The van der Waals surface area contributed by atoms with Gasteiger partial charge in [-0.3, -0.25) is 4.79 Å². The predicted molar refractivity (Wildman–Crippen MR) is 108 cm³/mol. The fraction of sp³-hybridized carbons (Fsp3) is 0.176. The number of hydrogen-bond donors (Lipinski definition) is 1. The molecule has 0 atom stereocenters. The number of halogens is 3. The van der Waals surface area contributed by atoms with Crippen LogP contribution in [-0.4, -0.2) is 9.97 Å². The molecule has 3 heterocycles. The first-order chi connectivity index (χ1) is 11.4. The van der Waals surface area contributed by atoms with Gasteiger partial charge in [-0.1, -0.05) is 23.2 Å². The van der Waals surface area contributed by atoms with Crippen LogP contribution in [0, 0.1) is 22.3 Å². The molecule has 0 radical (unpaired) electrons. The molecule has 4 nitrogen and oxygen atoms in total. The Morgan fingerprint density at radius 1 is 1.21 bits per heavy atom. The first-order valence-electron chi connectivity index (χ1n) is 6.76. The van der Waals surface area contributed by atoms with E-state index < -0.39 is 0 Å². The number of hydrogen-bond acceptors (Lipinski definition) is 3. The Hall–Kier alpha value is -1.49. The first-order valence-corrected chi connectivity index (χ1v) is 8.59. The maximum atomic E-state index is 10.7. The van der Waals surface area contributed by atoms with E-state index >= 15 is 0 Å². The Labute approximate surface area is 163 Å². The minimum atomic E-state index is -0.0423. The predicted octanol–water partition coefficient (Wildman–Crippen LogP) is 5.45. The van der Waals surface area contributed by atoms with Gasteiger partial charge in [-0.05, 0) is 49.4 Å². The van der Waals surface area contributed by atoms with Crippen molar-refractivity contribution in [2.45, 2.75) is 20.8 Å². The lowest BCUT2D eigenvalue weighted by atomic mass is 10.3. The molecule has 0 saturated carbocycles. The van der Waals surface area contributed by atoms with E-state index in [-0.39, 0.29) is 5.43 Å². The molecule has 0 aliphatic carbocycles. The van der Waals surface area contributed by atoms with Crippen molar-refractivity contribution >= 4 is 56.8 Å². The van der Waals surface area contributed by atoms with Gasteiger partial charge >= 0.3 is 0 Å². The first kappa shape index (κ1) is 20.6. The summed E-state index contributed by atoms with van der Waals surface area (Å²) in [5.41, 5.74) is 0.752. The number of pyridine rings is 2. The molecule has 0 fully saturated rings. The number of rotatable bonds is 0. The lowest BCUT2D eigenvalue weighted by Crippen LogP contribution is -2.02. The molecule has 0 aliphatic rings. The minimum absolute atomic E-state index is 0.0423. The van der Waals surface area contributed by atoms with E-state index in [4.69, 9.17) is 27.6 Å². The molecule has 0 spiro atoms. The molecule has 24 heavy (non-hydrogen) atoms. The summed E-state index contributed by atoms with van der Waals surface area (Å²) in [4.78, 5) is 17.4. The summed E-state index contributed by atoms with van der Waals surface area (Å²) >= 11 is 13.1. The highest BCUT2D eigenvalue weighted by atomic mass is 127. The summed E-state index contributed by atoms with van der Waals surface area (Å²) in [5, 5.41) is 1.83. The zero-order chi connectivity index (χ0) is 18.1. The van der Waals surface area contributed by atoms with Crippen LogP contribution in [0.3, 0.4) is 0 Å². The number of aromatic amines is 1. The molecule has 0 aromatic carbocycles. The van der Waals surface area contributed by atoms with Crippen LogP contribution in [0.1, 0.15) is 19.6 Å². The second-order valence-electron chi connectivity index (χ2n) is 4.40. The number of aromatic nitrogens is 2. The summed E-state index contributed by atoms with van der Waals surface area (Å²) in [5.74, 6) is 6.24. The SMILES string of the molecule is CC#CC.Cc1cc2cnc(Cl)cc2o1.O=c1cc(Cl)[nH]cc1I. The maximum absolute atomic E-state index is 10.7. The zero-order valence-electron chi connectivity index (χ0n) is 13.3. The molecule has 0 aliphatic heterocycles. The number of furan rings is 1. The molecule has 0 amide bonds. The van der Waals surface area contributed by atoms with Gasteiger partial charge in [-0.2, -0.15) is 0 Å². The second-order valence-corrected chi connectivity index (χ2v) is 6.35. The van der Waals surface area contributed by atoms with Gasteiger partial charge in [0.2, 0.25) is 0 Å². The quantitative estimate of drug-likeness (QED) is 0.266. The molecule has 7 heteroatoms. The van der Waals surface area contributed by atoms with Crippen molar-refractivity contribution in [2.75, 3.05) is 0 Å². The van der Waals surface area contributed by atoms with E-state index in [2.05, 4.69) is 21.8 Å². The fourth-order valence-corrected chi connectivity index (χ4v) is 2.08. The smallest absolute Gasteiger partial charge is 0.196 e. The molecule has 126 valence electrons.